The van der Waals surface area contributed by atoms with Gasteiger partial charge >= 0.3 is 0 Å². The van der Waals surface area contributed by atoms with Gasteiger partial charge in [-0.15, -0.1) is 11.8 Å². The Hall–Kier alpha value is -0.220. The summed E-state index contributed by atoms with van der Waals surface area (Å²) in [4.78, 5) is 1.19. The molecule has 1 aromatic rings. The molecule has 0 aromatic heterocycles. The molecule has 1 aromatic carbocycles. The van der Waals surface area contributed by atoms with E-state index in [1.54, 1.807) is 0 Å². The Morgan fingerprint density at radius 3 is 2.73 bits per heavy atom. The fourth-order valence-electron chi connectivity index (χ4n) is 1.43. The lowest BCUT2D eigenvalue weighted by Gasteiger charge is -2.25. The summed E-state index contributed by atoms with van der Waals surface area (Å²) in [5.41, 5.74) is 6.80. The first kappa shape index (κ1) is 11.3. The van der Waals surface area contributed by atoms with Crippen molar-refractivity contribution in [1.29, 1.82) is 0 Å². The molecular weight excluding hydrogens is 230 g/mol. The van der Waals surface area contributed by atoms with E-state index in [0.717, 1.165) is 23.8 Å². The molecule has 4 heteroatoms. The molecule has 0 spiro atoms. The highest BCUT2D eigenvalue weighted by Crippen LogP contribution is 2.32. The molecule has 1 unspecified atom stereocenters. The maximum atomic E-state index is 6.14. The highest BCUT2D eigenvalue weighted by Gasteiger charge is 2.19. The first-order valence-electron chi connectivity index (χ1n) is 4.96. The molecule has 1 aliphatic rings. The SMILES string of the molecule is CC(N)c1ccc(SC2COC2)cc1Cl. The smallest absolute Gasteiger partial charge is 0.0611 e. The monoisotopic (exact) mass is 243 g/mol. The molecule has 1 saturated heterocycles. The summed E-state index contributed by atoms with van der Waals surface area (Å²) >= 11 is 7.96. The van der Waals surface area contributed by atoms with Crippen LogP contribution in [-0.2, 0) is 4.74 Å². The van der Waals surface area contributed by atoms with Crippen molar-refractivity contribution < 1.29 is 4.74 Å². The highest BCUT2D eigenvalue weighted by atomic mass is 35.5. The number of nitrogens with two attached hydrogens (primary N) is 1. The predicted molar refractivity (Wildman–Crippen MR) is 64.5 cm³/mol. The van der Waals surface area contributed by atoms with Gasteiger partial charge in [-0.2, -0.15) is 0 Å². The van der Waals surface area contributed by atoms with E-state index in [4.69, 9.17) is 22.1 Å². The fourth-order valence-corrected chi connectivity index (χ4v) is 2.89. The van der Waals surface area contributed by atoms with Crippen LogP contribution in [0, 0.1) is 0 Å². The fraction of sp³-hybridized carbons (Fsp3) is 0.455. The van der Waals surface area contributed by atoms with E-state index in [-0.39, 0.29) is 6.04 Å². The van der Waals surface area contributed by atoms with Gasteiger partial charge in [-0.05, 0) is 24.6 Å². The molecule has 2 nitrogen and oxygen atoms in total. The van der Waals surface area contributed by atoms with Crippen LogP contribution < -0.4 is 5.73 Å². The van der Waals surface area contributed by atoms with Gasteiger partial charge in [-0.3, -0.25) is 0 Å². The third kappa shape index (κ3) is 2.67. The minimum atomic E-state index is -0.0106. The van der Waals surface area contributed by atoms with Crippen molar-refractivity contribution in [1.82, 2.24) is 0 Å². The lowest BCUT2D eigenvalue weighted by Crippen LogP contribution is -2.30. The van der Waals surface area contributed by atoms with E-state index >= 15 is 0 Å². The molecule has 1 heterocycles. The Labute approximate surface area is 99.1 Å². The molecule has 82 valence electrons. The Bertz CT molecular complexity index is 352. The minimum Gasteiger partial charge on any atom is -0.379 e. The molecule has 0 bridgehead atoms. The van der Waals surface area contributed by atoms with Crippen LogP contribution in [0.5, 0.6) is 0 Å². The van der Waals surface area contributed by atoms with E-state index in [9.17, 15) is 0 Å². The maximum Gasteiger partial charge on any atom is 0.0611 e. The van der Waals surface area contributed by atoms with Crippen molar-refractivity contribution in [2.24, 2.45) is 5.73 Å². The van der Waals surface area contributed by atoms with Crippen LogP contribution in [0.1, 0.15) is 18.5 Å². The molecule has 1 fully saturated rings. The van der Waals surface area contributed by atoms with Gasteiger partial charge in [0, 0.05) is 16.0 Å². The number of rotatable bonds is 3. The maximum absolute atomic E-state index is 6.14. The van der Waals surface area contributed by atoms with Crippen LogP contribution in [-0.4, -0.2) is 18.5 Å². The average Bonchev–Trinajstić information content (AvgIpc) is 2.11. The van der Waals surface area contributed by atoms with Gasteiger partial charge in [0.2, 0.25) is 0 Å². The second-order valence-electron chi connectivity index (χ2n) is 3.75. The van der Waals surface area contributed by atoms with Gasteiger partial charge in [-0.1, -0.05) is 17.7 Å². The van der Waals surface area contributed by atoms with Gasteiger partial charge < -0.3 is 10.5 Å². The Morgan fingerprint density at radius 2 is 2.27 bits per heavy atom. The van der Waals surface area contributed by atoms with E-state index in [1.807, 2.05) is 30.8 Å². The van der Waals surface area contributed by atoms with Crippen molar-refractivity contribution in [2.45, 2.75) is 23.1 Å². The molecule has 1 atom stereocenters. The highest BCUT2D eigenvalue weighted by molar-refractivity contribution is 8.00. The molecule has 0 amide bonds. The quantitative estimate of drug-likeness (QED) is 0.887. The van der Waals surface area contributed by atoms with Crippen molar-refractivity contribution in [2.75, 3.05) is 13.2 Å². The number of benzene rings is 1. The van der Waals surface area contributed by atoms with Gasteiger partial charge in [0.15, 0.2) is 0 Å². The summed E-state index contributed by atoms with van der Waals surface area (Å²) in [6, 6.07) is 6.06. The van der Waals surface area contributed by atoms with Gasteiger partial charge in [-0.25, -0.2) is 0 Å². The standard InChI is InChI=1S/C11H14ClNOS/c1-7(13)10-3-2-8(4-11(10)12)15-9-5-14-6-9/h2-4,7,9H,5-6,13H2,1H3. The Balaban J connectivity index is 2.10. The molecule has 2 rings (SSSR count). The average molecular weight is 244 g/mol. The van der Waals surface area contributed by atoms with Crippen molar-refractivity contribution in [3.8, 4) is 0 Å². The number of halogens is 1. The van der Waals surface area contributed by atoms with Crippen LogP contribution in [0.25, 0.3) is 0 Å². The Kier molecular flexibility index (Phi) is 3.57. The zero-order valence-electron chi connectivity index (χ0n) is 8.57. The second kappa shape index (κ2) is 4.74. The summed E-state index contributed by atoms with van der Waals surface area (Å²) in [6.07, 6.45) is 0. The number of thioether (sulfide) groups is 1. The lowest BCUT2D eigenvalue weighted by molar-refractivity contribution is 0.0455. The van der Waals surface area contributed by atoms with Gasteiger partial charge in [0.05, 0.1) is 18.5 Å². The second-order valence-corrected chi connectivity index (χ2v) is 5.53. The molecule has 0 saturated carbocycles. The van der Waals surface area contributed by atoms with E-state index < -0.39 is 0 Å². The van der Waals surface area contributed by atoms with Crippen LogP contribution in [0.3, 0.4) is 0 Å². The van der Waals surface area contributed by atoms with Crippen LogP contribution >= 0.6 is 23.4 Å². The zero-order valence-corrected chi connectivity index (χ0v) is 10.1. The topological polar surface area (TPSA) is 35.2 Å². The summed E-state index contributed by atoms with van der Waals surface area (Å²) in [5.74, 6) is 0. The molecule has 2 N–H and O–H groups in total. The number of hydrogen-bond acceptors (Lipinski definition) is 3. The van der Waals surface area contributed by atoms with E-state index in [2.05, 4.69) is 6.07 Å². The third-order valence-electron chi connectivity index (χ3n) is 2.37. The molecule has 15 heavy (non-hydrogen) atoms. The minimum absolute atomic E-state index is 0.0106. The first-order chi connectivity index (χ1) is 7.16. The summed E-state index contributed by atoms with van der Waals surface area (Å²) < 4.78 is 5.13. The van der Waals surface area contributed by atoms with E-state index in [0.29, 0.717) is 5.25 Å². The van der Waals surface area contributed by atoms with Crippen LogP contribution in [0.15, 0.2) is 23.1 Å². The normalized spacial score (nSPS) is 18.6. The van der Waals surface area contributed by atoms with Crippen molar-refractivity contribution >= 4 is 23.4 Å². The Morgan fingerprint density at radius 1 is 1.53 bits per heavy atom. The van der Waals surface area contributed by atoms with Gasteiger partial charge in [0.25, 0.3) is 0 Å². The lowest BCUT2D eigenvalue weighted by atomic mass is 10.1. The third-order valence-corrected chi connectivity index (χ3v) is 3.83. The first-order valence-corrected chi connectivity index (χ1v) is 6.22. The summed E-state index contributed by atoms with van der Waals surface area (Å²) in [6.45, 7) is 3.63. The van der Waals surface area contributed by atoms with Crippen LogP contribution in [0.4, 0.5) is 0 Å². The van der Waals surface area contributed by atoms with Crippen molar-refractivity contribution in [3.63, 3.8) is 0 Å². The molecule has 0 radical (unpaired) electrons. The van der Waals surface area contributed by atoms with Gasteiger partial charge in [0.1, 0.15) is 0 Å². The largest absolute Gasteiger partial charge is 0.379 e. The zero-order chi connectivity index (χ0) is 10.8. The number of ether oxygens (including phenoxy) is 1. The molecule has 1 aliphatic heterocycles. The summed E-state index contributed by atoms with van der Waals surface area (Å²) in [5, 5.41) is 1.34. The number of hydrogen-bond donors (Lipinski definition) is 1. The summed E-state index contributed by atoms with van der Waals surface area (Å²) in [7, 11) is 0. The predicted octanol–water partition coefficient (Wildman–Crippen LogP) is 2.85. The van der Waals surface area contributed by atoms with Crippen LogP contribution in [0.2, 0.25) is 5.02 Å². The molecular formula is C11H14ClNOS. The van der Waals surface area contributed by atoms with E-state index in [1.165, 1.54) is 4.90 Å². The molecule has 0 aliphatic carbocycles. The van der Waals surface area contributed by atoms with Crippen molar-refractivity contribution in [3.05, 3.63) is 28.8 Å².